The zero-order chi connectivity index (χ0) is 32.0. The summed E-state index contributed by atoms with van der Waals surface area (Å²) in [5.41, 5.74) is 20.9. The van der Waals surface area contributed by atoms with Crippen LogP contribution in [0.2, 0.25) is 5.15 Å². The first kappa shape index (κ1) is 30.8. The second-order valence-corrected chi connectivity index (χ2v) is 11.6. The highest BCUT2D eigenvalue weighted by Crippen LogP contribution is 2.23. The van der Waals surface area contributed by atoms with Crippen molar-refractivity contribution in [1.29, 1.82) is 0 Å². The van der Waals surface area contributed by atoms with Gasteiger partial charge in [-0.1, -0.05) is 11.6 Å². The van der Waals surface area contributed by atoms with Crippen molar-refractivity contribution in [2.75, 3.05) is 11.5 Å². The van der Waals surface area contributed by atoms with E-state index in [0.717, 1.165) is 42.8 Å². The highest BCUT2D eigenvalue weighted by Gasteiger charge is 2.20. The number of nitrogen functional groups attached to an aromatic ring is 2. The molecule has 228 valence electrons. The highest BCUT2D eigenvalue weighted by molar-refractivity contribution is 9.10. The van der Waals surface area contributed by atoms with Crippen LogP contribution in [-0.2, 0) is 13.1 Å². The lowest BCUT2D eigenvalue weighted by atomic mass is 10.0. The molecule has 0 radical (unpaired) electrons. The Morgan fingerprint density at radius 2 is 1.14 bits per heavy atom. The second-order valence-electron chi connectivity index (χ2n) is 10.5. The quantitative estimate of drug-likeness (QED) is 0.158. The Morgan fingerprint density at radius 1 is 0.705 bits per heavy atom. The molecule has 0 fully saturated rings. The van der Waals surface area contributed by atoms with Crippen molar-refractivity contribution in [3.8, 4) is 0 Å². The Hall–Kier alpha value is -4.63. The molecule has 16 heteroatoms. The van der Waals surface area contributed by atoms with Crippen LogP contribution in [0.25, 0.3) is 22.3 Å². The number of nitrogens with zero attached hydrogens (tertiary/aromatic N) is 10. The van der Waals surface area contributed by atoms with Gasteiger partial charge in [-0.2, -0.15) is 24.4 Å². The first-order valence-corrected chi connectivity index (χ1v) is 14.6. The summed E-state index contributed by atoms with van der Waals surface area (Å²) >= 11 is 9.34. The molecule has 0 saturated carbocycles. The maximum Gasteiger partial charge on any atom is 0.223 e. The molecule has 0 bridgehead atoms. The predicted octanol–water partition coefficient (Wildman–Crippen LogP) is 3.45. The number of hydrogen-bond acceptors (Lipinski definition) is 10. The summed E-state index contributed by atoms with van der Waals surface area (Å²) in [7, 11) is 0. The van der Waals surface area contributed by atoms with Gasteiger partial charge in [0.1, 0.15) is 28.7 Å². The summed E-state index contributed by atoms with van der Waals surface area (Å²) in [5, 5.41) is 24.6. The summed E-state index contributed by atoms with van der Waals surface area (Å²) in [6.45, 7) is 12.4. The third-order valence-electron chi connectivity index (χ3n) is 7.85. The Labute approximate surface area is 265 Å². The van der Waals surface area contributed by atoms with Gasteiger partial charge in [-0.25, -0.2) is 15.0 Å². The van der Waals surface area contributed by atoms with Gasteiger partial charge in [-0.15, -0.1) is 0 Å². The molecule has 0 atom stereocenters. The van der Waals surface area contributed by atoms with E-state index < -0.39 is 0 Å². The number of aromatic nitrogens is 10. The summed E-state index contributed by atoms with van der Waals surface area (Å²) < 4.78 is 5.87. The second kappa shape index (κ2) is 11.8. The summed E-state index contributed by atoms with van der Waals surface area (Å²) in [5.74, 6) is 0.235. The SMILES string of the molecule is Cc1c[n+]([O-])c(Cn2cnc3c(Br)nc(N)nc32)c(C)c1C.Cc1c[n+]([O-])c(Cn2cnc3c(Cl)nc(N)nc32)c(C)c1C. The molecular formula is C28H30BrClN12O2. The summed E-state index contributed by atoms with van der Waals surface area (Å²) in [6, 6.07) is 0. The first-order chi connectivity index (χ1) is 20.8. The number of pyridine rings is 2. The fourth-order valence-corrected chi connectivity index (χ4v) is 5.52. The van der Waals surface area contributed by atoms with Crippen molar-refractivity contribution < 1.29 is 9.46 Å². The normalized spacial score (nSPS) is 11.3. The Morgan fingerprint density at radius 3 is 1.64 bits per heavy atom. The van der Waals surface area contributed by atoms with E-state index in [0.29, 0.717) is 51.4 Å². The lowest BCUT2D eigenvalue weighted by Gasteiger charge is -2.12. The Bertz CT molecular complexity index is 1930. The zero-order valence-corrected chi connectivity index (χ0v) is 27.3. The van der Waals surface area contributed by atoms with Crippen molar-refractivity contribution >= 4 is 61.8 Å². The number of nitrogens with two attached hydrogens (primary N) is 2. The van der Waals surface area contributed by atoms with Crippen molar-refractivity contribution in [3.63, 3.8) is 0 Å². The Kier molecular flexibility index (Phi) is 8.27. The van der Waals surface area contributed by atoms with E-state index >= 15 is 0 Å². The van der Waals surface area contributed by atoms with Crippen LogP contribution < -0.4 is 20.9 Å². The van der Waals surface area contributed by atoms with E-state index in [1.54, 1.807) is 34.2 Å². The molecule has 0 aliphatic heterocycles. The summed E-state index contributed by atoms with van der Waals surface area (Å²) in [4.78, 5) is 24.7. The molecule has 0 aliphatic carbocycles. The van der Waals surface area contributed by atoms with E-state index in [-0.39, 0.29) is 17.0 Å². The van der Waals surface area contributed by atoms with Gasteiger partial charge in [-0.05, 0) is 68.6 Å². The van der Waals surface area contributed by atoms with E-state index in [1.165, 1.54) is 0 Å². The maximum atomic E-state index is 12.2. The van der Waals surface area contributed by atoms with E-state index in [2.05, 4.69) is 45.8 Å². The van der Waals surface area contributed by atoms with Crippen LogP contribution in [0.15, 0.2) is 29.7 Å². The van der Waals surface area contributed by atoms with Gasteiger partial charge in [-0.3, -0.25) is 0 Å². The fraction of sp³-hybridized carbons (Fsp3) is 0.286. The van der Waals surface area contributed by atoms with E-state index in [1.807, 2.05) is 41.5 Å². The van der Waals surface area contributed by atoms with Crippen LogP contribution in [-0.4, -0.2) is 39.0 Å². The van der Waals surface area contributed by atoms with Crippen molar-refractivity contribution in [3.05, 3.63) is 90.0 Å². The lowest BCUT2D eigenvalue weighted by molar-refractivity contribution is -0.615. The average molecular weight is 682 g/mol. The zero-order valence-electron chi connectivity index (χ0n) is 24.9. The number of halogens is 2. The van der Waals surface area contributed by atoms with Gasteiger partial charge in [0.25, 0.3) is 0 Å². The molecule has 6 aromatic rings. The molecule has 4 N–H and O–H groups in total. The number of fused-ring (bicyclic) bond motifs is 2. The molecule has 6 rings (SSSR count). The standard InChI is InChI=1S/C14H15BrN6O.C14H15ClN6O/c2*1-7-4-21(22)10(9(3)8(7)2)5-20-6-17-11-12(15)18-14(16)19-13(11)20/h2*4,6H,5H2,1-3H3,(H2,16,18,19). The third-order valence-corrected chi connectivity index (χ3v) is 8.66. The number of hydrogen-bond donors (Lipinski definition) is 2. The fourth-order valence-electron chi connectivity index (χ4n) is 4.84. The van der Waals surface area contributed by atoms with E-state index in [9.17, 15) is 10.4 Å². The van der Waals surface area contributed by atoms with Crippen molar-refractivity contribution in [1.82, 2.24) is 39.0 Å². The smallest absolute Gasteiger partial charge is 0.223 e. The van der Waals surface area contributed by atoms with Crippen molar-refractivity contribution in [2.24, 2.45) is 0 Å². The van der Waals surface area contributed by atoms with Gasteiger partial charge >= 0.3 is 0 Å². The maximum absolute atomic E-state index is 12.2. The third kappa shape index (κ3) is 5.67. The average Bonchev–Trinajstić information content (AvgIpc) is 3.55. The minimum absolute atomic E-state index is 0.0751. The van der Waals surface area contributed by atoms with Crippen LogP contribution in [0.1, 0.15) is 44.8 Å². The molecule has 14 nitrogen and oxygen atoms in total. The molecule has 6 heterocycles. The number of anilines is 2. The van der Waals surface area contributed by atoms with Gasteiger partial charge in [0.2, 0.25) is 23.3 Å². The first-order valence-electron chi connectivity index (χ1n) is 13.4. The minimum Gasteiger partial charge on any atom is -0.618 e. The molecular weight excluding hydrogens is 652 g/mol. The minimum atomic E-state index is 0.0751. The van der Waals surface area contributed by atoms with Gasteiger partial charge < -0.3 is 31.0 Å². The van der Waals surface area contributed by atoms with Gasteiger partial charge in [0.15, 0.2) is 28.8 Å². The monoisotopic (exact) mass is 680 g/mol. The molecule has 44 heavy (non-hydrogen) atoms. The number of aryl methyl sites for hydroxylation is 2. The number of imidazole rings is 2. The largest absolute Gasteiger partial charge is 0.618 e. The van der Waals surface area contributed by atoms with Gasteiger partial charge in [0, 0.05) is 22.3 Å². The molecule has 0 amide bonds. The highest BCUT2D eigenvalue weighted by atomic mass is 79.9. The van der Waals surface area contributed by atoms with Crippen LogP contribution in [0, 0.1) is 52.0 Å². The van der Waals surface area contributed by atoms with Crippen molar-refractivity contribution in [2.45, 2.75) is 54.6 Å². The van der Waals surface area contributed by atoms with Crippen LogP contribution in [0.3, 0.4) is 0 Å². The molecule has 6 aromatic heterocycles. The van der Waals surface area contributed by atoms with Crippen LogP contribution in [0.4, 0.5) is 11.9 Å². The Balaban J connectivity index is 0.000000175. The molecule has 0 aromatic carbocycles. The lowest BCUT2D eigenvalue weighted by Crippen LogP contribution is -2.35. The molecule has 0 aliphatic rings. The number of rotatable bonds is 4. The summed E-state index contributed by atoms with van der Waals surface area (Å²) in [6.07, 6.45) is 6.39. The molecule has 0 saturated heterocycles. The van der Waals surface area contributed by atoms with Crippen LogP contribution in [0.5, 0.6) is 0 Å². The topological polar surface area (TPSA) is 193 Å². The van der Waals surface area contributed by atoms with E-state index in [4.69, 9.17) is 23.1 Å². The predicted molar refractivity (Wildman–Crippen MR) is 170 cm³/mol. The molecule has 0 spiro atoms. The molecule has 0 unspecified atom stereocenters. The van der Waals surface area contributed by atoms with Crippen LogP contribution >= 0.6 is 27.5 Å². The van der Waals surface area contributed by atoms with Gasteiger partial charge in [0.05, 0.1) is 12.7 Å².